The molecule has 72 valence electrons. The van der Waals surface area contributed by atoms with Gasteiger partial charge in [0.1, 0.15) is 18.7 Å². The van der Waals surface area contributed by atoms with Gasteiger partial charge >= 0.3 is 0 Å². The average Bonchev–Trinajstić information content (AvgIpc) is 2.81. The van der Waals surface area contributed by atoms with Crippen molar-refractivity contribution >= 4 is 6.21 Å². The molecule has 0 radical (unpaired) electrons. The van der Waals surface area contributed by atoms with Crippen LogP contribution in [0.15, 0.2) is 30.9 Å². The quantitative estimate of drug-likeness (QED) is 0.733. The highest BCUT2D eigenvalue weighted by atomic mass is 15.3. The van der Waals surface area contributed by atoms with Crippen molar-refractivity contribution in [2.45, 2.75) is 0 Å². The van der Waals surface area contributed by atoms with E-state index in [0.29, 0.717) is 16.8 Å². The molecule has 1 aromatic heterocycles. The van der Waals surface area contributed by atoms with Crippen LogP contribution in [0.25, 0.3) is 5.69 Å². The maximum Gasteiger partial charge on any atom is 0.138 e. The number of hydrogen-bond acceptors (Lipinski definition) is 4. The number of rotatable bonds is 2. The molecule has 0 aliphatic heterocycles. The van der Waals surface area contributed by atoms with Crippen molar-refractivity contribution in [3.63, 3.8) is 0 Å². The fraction of sp³-hybridized carbons (Fsp3) is 0. The zero-order valence-corrected chi connectivity index (χ0v) is 7.75. The molecule has 0 saturated carbocycles. The molecule has 0 spiro atoms. The van der Waals surface area contributed by atoms with Crippen LogP contribution in [-0.2, 0) is 0 Å². The van der Waals surface area contributed by atoms with Gasteiger partial charge in [-0.1, -0.05) is 6.07 Å². The Morgan fingerprint density at radius 3 is 2.93 bits per heavy atom. The van der Waals surface area contributed by atoms with E-state index in [4.69, 9.17) is 10.7 Å². The second-order valence-electron chi connectivity index (χ2n) is 2.87. The van der Waals surface area contributed by atoms with Crippen LogP contribution in [0.3, 0.4) is 0 Å². The third kappa shape index (κ3) is 1.60. The van der Waals surface area contributed by atoms with Gasteiger partial charge < -0.3 is 5.41 Å². The van der Waals surface area contributed by atoms with Gasteiger partial charge in [0.15, 0.2) is 0 Å². The summed E-state index contributed by atoms with van der Waals surface area (Å²) in [6.45, 7) is 0. The van der Waals surface area contributed by atoms with Gasteiger partial charge in [-0.2, -0.15) is 10.4 Å². The molecular formula is C10H7N5. The Hall–Kier alpha value is -2.48. The van der Waals surface area contributed by atoms with Gasteiger partial charge in [-0.15, -0.1) is 0 Å². The lowest BCUT2D eigenvalue weighted by Crippen LogP contribution is -1.98. The van der Waals surface area contributed by atoms with Crippen LogP contribution in [0.2, 0.25) is 0 Å². The summed E-state index contributed by atoms with van der Waals surface area (Å²) < 4.78 is 1.52. The number of nitriles is 1. The predicted octanol–water partition coefficient (Wildman–Crippen LogP) is 1.14. The van der Waals surface area contributed by atoms with E-state index in [2.05, 4.69) is 16.2 Å². The smallest absolute Gasteiger partial charge is 0.138 e. The number of aromatic nitrogens is 3. The number of benzene rings is 1. The minimum absolute atomic E-state index is 0.474. The second-order valence-corrected chi connectivity index (χ2v) is 2.87. The minimum Gasteiger partial charge on any atom is -0.308 e. The Balaban J connectivity index is 2.59. The summed E-state index contributed by atoms with van der Waals surface area (Å²) in [5.74, 6) is 0. The molecule has 1 aromatic carbocycles. The van der Waals surface area contributed by atoms with E-state index in [1.807, 2.05) is 0 Å². The molecule has 0 amide bonds. The van der Waals surface area contributed by atoms with Gasteiger partial charge in [0.05, 0.1) is 11.3 Å². The number of nitrogens with zero attached hydrogens (tertiary/aromatic N) is 4. The molecule has 0 unspecified atom stereocenters. The summed E-state index contributed by atoms with van der Waals surface area (Å²) in [5.41, 5.74) is 1.83. The highest BCUT2D eigenvalue weighted by Gasteiger charge is 2.04. The lowest BCUT2D eigenvalue weighted by molar-refractivity contribution is 0.876. The van der Waals surface area contributed by atoms with Gasteiger partial charge in [0.25, 0.3) is 0 Å². The van der Waals surface area contributed by atoms with Crippen LogP contribution in [0.5, 0.6) is 0 Å². The SMILES string of the molecule is N#Cc1cc(C=N)ccc1-n1cncn1. The Bertz CT molecular complexity index is 521. The molecule has 1 N–H and O–H groups in total. The van der Waals surface area contributed by atoms with Crippen LogP contribution in [0, 0.1) is 16.7 Å². The Morgan fingerprint density at radius 2 is 2.33 bits per heavy atom. The van der Waals surface area contributed by atoms with Crippen molar-refractivity contribution in [1.82, 2.24) is 14.8 Å². The average molecular weight is 197 g/mol. The van der Waals surface area contributed by atoms with Crippen LogP contribution in [0.1, 0.15) is 11.1 Å². The fourth-order valence-electron chi connectivity index (χ4n) is 1.27. The molecule has 0 aliphatic rings. The van der Waals surface area contributed by atoms with E-state index in [9.17, 15) is 0 Å². The van der Waals surface area contributed by atoms with Crippen molar-refractivity contribution in [2.75, 3.05) is 0 Å². The van der Waals surface area contributed by atoms with Gasteiger partial charge in [0, 0.05) is 6.21 Å². The Morgan fingerprint density at radius 1 is 1.47 bits per heavy atom. The number of nitrogens with one attached hydrogen (secondary N) is 1. The highest BCUT2D eigenvalue weighted by molar-refractivity contribution is 5.78. The van der Waals surface area contributed by atoms with Gasteiger partial charge in [0.2, 0.25) is 0 Å². The summed E-state index contributed by atoms with van der Waals surface area (Å²) >= 11 is 0. The minimum atomic E-state index is 0.474. The highest BCUT2D eigenvalue weighted by Crippen LogP contribution is 2.13. The van der Waals surface area contributed by atoms with Crippen molar-refractivity contribution < 1.29 is 0 Å². The van der Waals surface area contributed by atoms with Crippen molar-refractivity contribution in [3.05, 3.63) is 42.0 Å². The first-order valence-electron chi connectivity index (χ1n) is 4.25. The molecule has 1 heterocycles. The fourth-order valence-corrected chi connectivity index (χ4v) is 1.27. The zero-order valence-electron chi connectivity index (χ0n) is 7.75. The summed E-state index contributed by atoms with van der Waals surface area (Å²) in [5, 5.41) is 20.0. The standard InChI is InChI=1S/C10H7N5/c11-4-8-1-2-10(9(3-8)5-12)15-7-13-6-14-15/h1-4,6-7,11H. The second kappa shape index (κ2) is 3.72. The summed E-state index contributed by atoms with van der Waals surface area (Å²) in [4.78, 5) is 3.81. The molecule has 5 nitrogen and oxygen atoms in total. The summed E-state index contributed by atoms with van der Waals surface area (Å²) in [7, 11) is 0. The van der Waals surface area contributed by atoms with Gasteiger partial charge in [-0.3, -0.25) is 0 Å². The molecule has 2 aromatic rings. The molecule has 0 bridgehead atoms. The molecule has 0 fully saturated rings. The summed E-state index contributed by atoms with van der Waals surface area (Å²) in [6.07, 6.45) is 4.14. The molecule has 15 heavy (non-hydrogen) atoms. The molecule has 0 saturated heterocycles. The topological polar surface area (TPSA) is 78.4 Å². The van der Waals surface area contributed by atoms with Gasteiger partial charge in [-0.25, -0.2) is 9.67 Å². The van der Waals surface area contributed by atoms with E-state index in [-0.39, 0.29) is 0 Å². The number of hydrogen-bond donors (Lipinski definition) is 1. The van der Waals surface area contributed by atoms with E-state index >= 15 is 0 Å². The largest absolute Gasteiger partial charge is 0.308 e. The van der Waals surface area contributed by atoms with E-state index in [0.717, 1.165) is 0 Å². The lowest BCUT2D eigenvalue weighted by Gasteiger charge is -2.03. The first-order chi connectivity index (χ1) is 7.35. The van der Waals surface area contributed by atoms with Crippen molar-refractivity contribution in [1.29, 1.82) is 10.7 Å². The molecular weight excluding hydrogens is 190 g/mol. The van der Waals surface area contributed by atoms with Crippen LogP contribution in [-0.4, -0.2) is 21.0 Å². The molecule has 5 heteroatoms. The maximum absolute atomic E-state index is 8.95. The Kier molecular flexibility index (Phi) is 2.25. The van der Waals surface area contributed by atoms with Crippen LogP contribution in [0.4, 0.5) is 0 Å². The van der Waals surface area contributed by atoms with Crippen molar-refractivity contribution in [2.24, 2.45) is 0 Å². The van der Waals surface area contributed by atoms with Gasteiger partial charge in [-0.05, 0) is 17.7 Å². The summed E-state index contributed by atoms with van der Waals surface area (Å²) in [6, 6.07) is 7.21. The molecule has 0 atom stereocenters. The first-order valence-corrected chi connectivity index (χ1v) is 4.25. The Labute approximate surface area is 86.1 Å². The maximum atomic E-state index is 8.95. The van der Waals surface area contributed by atoms with E-state index in [1.54, 1.807) is 18.2 Å². The van der Waals surface area contributed by atoms with E-state index in [1.165, 1.54) is 23.6 Å². The third-order valence-electron chi connectivity index (χ3n) is 1.97. The predicted molar refractivity (Wildman–Crippen MR) is 54.0 cm³/mol. The van der Waals surface area contributed by atoms with Crippen molar-refractivity contribution in [3.8, 4) is 11.8 Å². The van der Waals surface area contributed by atoms with E-state index < -0.39 is 0 Å². The third-order valence-corrected chi connectivity index (χ3v) is 1.97. The molecule has 2 rings (SSSR count). The lowest BCUT2D eigenvalue weighted by atomic mass is 10.1. The zero-order chi connectivity index (χ0) is 10.7. The van der Waals surface area contributed by atoms with Crippen LogP contribution < -0.4 is 0 Å². The van der Waals surface area contributed by atoms with Crippen LogP contribution >= 0.6 is 0 Å². The monoisotopic (exact) mass is 197 g/mol. The molecule has 0 aliphatic carbocycles. The first kappa shape index (κ1) is 9.09. The normalized spacial score (nSPS) is 9.53.